The predicted molar refractivity (Wildman–Crippen MR) is 100 cm³/mol. The monoisotopic (exact) mass is 398 g/mol. The minimum absolute atomic E-state index is 0.134. The number of fused-ring (bicyclic) bond motifs is 4. The number of benzene rings is 1. The number of rotatable bonds is 4. The summed E-state index contributed by atoms with van der Waals surface area (Å²) in [5, 5.41) is 5.98. The zero-order chi connectivity index (χ0) is 20.3. The number of nitrogens with two attached hydrogens (primary N) is 1. The second kappa shape index (κ2) is 6.36. The lowest BCUT2D eigenvalue weighted by Gasteiger charge is -2.29. The third-order valence-corrected chi connectivity index (χ3v) is 6.55. The molecule has 1 aromatic carbocycles. The van der Waals surface area contributed by atoms with Crippen LogP contribution in [0.25, 0.3) is 0 Å². The van der Waals surface area contributed by atoms with Gasteiger partial charge in [-0.2, -0.15) is 0 Å². The first-order valence-corrected chi connectivity index (χ1v) is 9.87. The SMILES string of the molecule is NC(=O)C[C@@H]1N[C@@]2(C(=O)Nc3ccccc32)[C@H]2C(=O)N(C[C@@H]3CCCO3)C(=O)[C@H]12. The molecule has 29 heavy (non-hydrogen) atoms. The van der Waals surface area contributed by atoms with Crippen molar-refractivity contribution in [3.63, 3.8) is 0 Å². The van der Waals surface area contributed by atoms with Crippen LogP contribution in [-0.2, 0) is 29.5 Å². The molecule has 0 saturated carbocycles. The van der Waals surface area contributed by atoms with E-state index in [2.05, 4.69) is 10.6 Å². The molecule has 4 aliphatic heterocycles. The highest BCUT2D eigenvalue weighted by atomic mass is 16.5. The number of hydrogen-bond donors (Lipinski definition) is 3. The largest absolute Gasteiger partial charge is 0.376 e. The highest BCUT2D eigenvalue weighted by Gasteiger charge is 2.70. The summed E-state index contributed by atoms with van der Waals surface area (Å²) in [5.74, 6) is -3.51. The summed E-state index contributed by atoms with van der Waals surface area (Å²) in [6.07, 6.45) is 1.35. The number of para-hydroxylation sites is 1. The molecular weight excluding hydrogens is 376 g/mol. The average Bonchev–Trinajstić information content (AvgIpc) is 3.41. The summed E-state index contributed by atoms with van der Waals surface area (Å²) >= 11 is 0. The molecule has 0 bridgehead atoms. The van der Waals surface area contributed by atoms with Gasteiger partial charge < -0.3 is 15.8 Å². The Hall–Kier alpha value is -2.78. The average molecular weight is 398 g/mol. The van der Waals surface area contributed by atoms with Crippen LogP contribution in [0.1, 0.15) is 24.8 Å². The zero-order valence-corrected chi connectivity index (χ0v) is 15.7. The van der Waals surface area contributed by atoms with E-state index in [1.54, 1.807) is 24.3 Å². The summed E-state index contributed by atoms with van der Waals surface area (Å²) in [4.78, 5) is 52.7. The van der Waals surface area contributed by atoms with E-state index in [4.69, 9.17) is 10.5 Å². The zero-order valence-electron chi connectivity index (χ0n) is 15.7. The van der Waals surface area contributed by atoms with Gasteiger partial charge in [0.15, 0.2) is 0 Å². The van der Waals surface area contributed by atoms with E-state index >= 15 is 0 Å². The summed E-state index contributed by atoms with van der Waals surface area (Å²) in [6, 6.07) is 6.40. The molecule has 4 N–H and O–H groups in total. The maximum Gasteiger partial charge on any atom is 0.250 e. The van der Waals surface area contributed by atoms with Crippen LogP contribution in [0.2, 0.25) is 0 Å². The van der Waals surface area contributed by atoms with Crippen LogP contribution in [-0.4, -0.2) is 53.8 Å². The molecule has 5 rings (SSSR count). The number of ether oxygens (including phenoxy) is 1. The smallest absolute Gasteiger partial charge is 0.250 e. The van der Waals surface area contributed by atoms with Gasteiger partial charge >= 0.3 is 0 Å². The number of carbonyl (C=O) groups excluding carboxylic acids is 4. The molecule has 0 unspecified atom stereocenters. The fourth-order valence-electron chi connectivity index (χ4n) is 5.38. The molecule has 3 saturated heterocycles. The Bertz CT molecular complexity index is 927. The van der Waals surface area contributed by atoms with Crippen molar-refractivity contribution in [1.82, 2.24) is 10.2 Å². The Balaban J connectivity index is 1.58. The van der Waals surface area contributed by atoms with Crippen molar-refractivity contribution in [2.24, 2.45) is 17.6 Å². The van der Waals surface area contributed by atoms with Crippen molar-refractivity contribution < 1.29 is 23.9 Å². The number of nitrogens with zero attached hydrogens (tertiary/aromatic N) is 1. The topological polar surface area (TPSA) is 131 Å². The Morgan fingerprint density at radius 2 is 2.03 bits per heavy atom. The van der Waals surface area contributed by atoms with Crippen LogP contribution in [0.3, 0.4) is 0 Å². The molecule has 4 heterocycles. The third-order valence-electron chi connectivity index (χ3n) is 6.55. The standard InChI is InChI=1S/C20H22N4O5/c21-14(25)8-13-15-16(18(27)24(17(15)26)9-10-4-3-7-29-10)20(23-13)11-5-1-2-6-12(11)22-19(20)28/h1-2,5-6,10,13,15-16,23H,3-4,7-9H2,(H2,21,25)(H,22,28)/t10-,13-,15+,16+,20+/m0/s1. The molecular formula is C20H22N4O5. The van der Waals surface area contributed by atoms with E-state index in [1.807, 2.05) is 0 Å². The second-order valence-electron chi connectivity index (χ2n) is 8.15. The van der Waals surface area contributed by atoms with E-state index in [-0.39, 0.29) is 30.9 Å². The molecule has 0 aliphatic carbocycles. The number of carbonyl (C=O) groups is 4. The van der Waals surface area contributed by atoms with Gasteiger partial charge in [0.2, 0.25) is 23.6 Å². The van der Waals surface area contributed by atoms with Gasteiger partial charge in [-0.05, 0) is 18.9 Å². The summed E-state index contributed by atoms with van der Waals surface area (Å²) in [5.41, 5.74) is 5.24. The normalized spacial score (nSPS) is 35.3. The molecule has 9 heteroatoms. The molecule has 152 valence electrons. The van der Waals surface area contributed by atoms with Crippen molar-refractivity contribution >= 4 is 29.3 Å². The van der Waals surface area contributed by atoms with Gasteiger partial charge in [-0.25, -0.2) is 0 Å². The fraction of sp³-hybridized carbons (Fsp3) is 0.500. The Kier molecular flexibility index (Phi) is 4.01. The maximum absolute atomic E-state index is 13.4. The van der Waals surface area contributed by atoms with Gasteiger partial charge in [0, 0.05) is 30.3 Å². The first-order valence-electron chi connectivity index (χ1n) is 9.87. The summed E-state index contributed by atoms with van der Waals surface area (Å²) in [6.45, 7) is 0.784. The van der Waals surface area contributed by atoms with Crippen LogP contribution in [0.5, 0.6) is 0 Å². The van der Waals surface area contributed by atoms with Crippen LogP contribution in [0.15, 0.2) is 24.3 Å². The van der Waals surface area contributed by atoms with Crippen molar-refractivity contribution in [3.8, 4) is 0 Å². The fourth-order valence-corrected chi connectivity index (χ4v) is 5.38. The van der Waals surface area contributed by atoms with Crippen LogP contribution in [0.4, 0.5) is 5.69 Å². The van der Waals surface area contributed by atoms with Gasteiger partial charge in [0.05, 0.1) is 24.5 Å². The van der Waals surface area contributed by atoms with Crippen molar-refractivity contribution in [1.29, 1.82) is 0 Å². The number of amides is 4. The Morgan fingerprint density at radius 1 is 1.24 bits per heavy atom. The van der Waals surface area contributed by atoms with E-state index in [9.17, 15) is 19.2 Å². The molecule has 5 atom stereocenters. The minimum Gasteiger partial charge on any atom is -0.376 e. The Labute approximate surface area is 166 Å². The lowest BCUT2D eigenvalue weighted by atomic mass is 9.76. The Morgan fingerprint density at radius 3 is 2.76 bits per heavy atom. The minimum atomic E-state index is -1.39. The summed E-state index contributed by atoms with van der Waals surface area (Å²) < 4.78 is 5.60. The molecule has 4 amide bonds. The van der Waals surface area contributed by atoms with Gasteiger partial charge in [0.25, 0.3) is 0 Å². The molecule has 0 radical (unpaired) electrons. The molecule has 9 nitrogen and oxygen atoms in total. The highest BCUT2D eigenvalue weighted by Crippen LogP contribution is 2.53. The number of anilines is 1. The van der Waals surface area contributed by atoms with Crippen molar-refractivity contribution in [3.05, 3.63) is 29.8 Å². The third kappa shape index (κ3) is 2.47. The van der Waals surface area contributed by atoms with E-state index in [0.717, 1.165) is 12.8 Å². The second-order valence-corrected chi connectivity index (χ2v) is 8.15. The highest BCUT2D eigenvalue weighted by molar-refractivity contribution is 6.15. The van der Waals surface area contributed by atoms with Gasteiger partial charge in [-0.15, -0.1) is 0 Å². The van der Waals surface area contributed by atoms with E-state index < -0.39 is 35.2 Å². The molecule has 4 aliphatic rings. The van der Waals surface area contributed by atoms with Crippen molar-refractivity contribution in [2.45, 2.75) is 36.9 Å². The number of imide groups is 1. The van der Waals surface area contributed by atoms with Gasteiger partial charge in [-0.1, -0.05) is 18.2 Å². The maximum atomic E-state index is 13.4. The van der Waals surface area contributed by atoms with Crippen LogP contribution in [0, 0.1) is 11.8 Å². The quantitative estimate of drug-likeness (QED) is 0.584. The van der Waals surface area contributed by atoms with Crippen LogP contribution >= 0.6 is 0 Å². The van der Waals surface area contributed by atoms with Gasteiger partial charge in [0.1, 0.15) is 5.54 Å². The molecule has 3 fully saturated rings. The molecule has 0 aromatic heterocycles. The van der Waals surface area contributed by atoms with Crippen molar-refractivity contribution in [2.75, 3.05) is 18.5 Å². The first kappa shape index (κ1) is 18.3. The molecule has 1 aromatic rings. The predicted octanol–water partition coefficient (Wildman–Crippen LogP) is -0.539. The number of hydrogen-bond acceptors (Lipinski definition) is 6. The van der Waals surface area contributed by atoms with E-state index in [0.29, 0.717) is 17.9 Å². The first-order chi connectivity index (χ1) is 13.9. The molecule has 1 spiro atoms. The lowest BCUT2D eigenvalue weighted by Crippen LogP contribution is -2.54. The van der Waals surface area contributed by atoms with Gasteiger partial charge in [-0.3, -0.25) is 29.4 Å². The number of primary amides is 1. The van der Waals surface area contributed by atoms with Crippen LogP contribution < -0.4 is 16.4 Å². The number of likely N-dealkylation sites (tertiary alicyclic amines) is 1. The lowest BCUT2D eigenvalue weighted by molar-refractivity contribution is -0.144. The summed E-state index contributed by atoms with van der Waals surface area (Å²) in [7, 11) is 0. The van der Waals surface area contributed by atoms with E-state index in [1.165, 1.54) is 4.90 Å². The number of nitrogens with one attached hydrogen (secondary N) is 2.